The van der Waals surface area contributed by atoms with E-state index in [9.17, 15) is 4.79 Å². The summed E-state index contributed by atoms with van der Waals surface area (Å²) in [5, 5.41) is 3.90. The van der Waals surface area contributed by atoms with Crippen LogP contribution in [-0.2, 0) is 10.5 Å². The van der Waals surface area contributed by atoms with Crippen LogP contribution in [0.1, 0.15) is 37.4 Å². The summed E-state index contributed by atoms with van der Waals surface area (Å²) in [5.41, 5.74) is 2.27. The molecule has 1 atom stereocenters. The van der Waals surface area contributed by atoms with Crippen LogP contribution in [0.25, 0.3) is 0 Å². The molecule has 3 nitrogen and oxygen atoms in total. The second kappa shape index (κ2) is 10.5. The summed E-state index contributed by atoms with van der Waals surface area (Å²) < 4.78 is 5.21. The number of nitrogens with one attached hydrogen (secondary N) is 1. The van der Waals surface area contributed by atoms with E-state index in [0.29, 0.717) is 11.7 Å². The number of carbonyl (C=O) groups excluding carboxylic acids is 1. The molecule has 2 aromatic carbocycles. The Labute approximate surface area is 165 Å². The summed E-state index contributed by atoms with van der Waals surface area (Å²) in [6.45, 7) is 4.33. The van der Waals surface area contributed by atoms with E-state index in [1.54, 1.807) is 18.9 Å². The normalized spacial score (nSPS) is 12.0. The van der Waals surface area contributed by atoms with Crippen LogP contribution in [0.3, 0.4) is 0 Å². The van der Waals surface area contributed by atoms with Gasteiger partial charge in [0.05, 0.1) is 18.9 Å². The quantitative estimate of drug-likeness (QED) is 0.614. The fourth-order valence-electron chi connectivity index (χ4n) is 2.66. The lowest BCUT2D eigenvalue weighted by Crippen LogP contribution is -2.30. The van der Waals surface area contributed by atoms with Crippen molar-refractivity contribution in [3.8, 4) is 5.75 Å². The van der Waals surface area contributed by atoms with Crippen molar-refractivity contribution in [2.45, 2.75) is 32.1 Å². The van der Waals surface area contributed by atoms with Gasteiger partial charge in [-0.25, -0.2) is 0 Å². The largest absolute Gasteiger partial charge is 0.497 e. The molecule has 140 valence electrons. The van der Waals surface area contributed by atoms with Crippen LogP contribution in [0.2, 0.25) is 5.02 Å². The molecule has 0 spiro atoms. The number of methoxy groups -OCH3 is 1. The van der Waals surface area contributed by atoms with Crippen molar-refractivity contribution in [3.63, 3.8) is 0 Å². The molecule has 0 aromatic heterocycles. The number of ether oxygens (including phenoxy) is 1. The van der Waals surface area contributed by atoms with Gasteiger partial charge in [-0.15, -0.1) is 11.8 Å². The Morgan fingerprint density at radius 3 is 2.35 bits per heavy atom. The maximum Gasteiger partial charge on any atom is 0.230 e. The predicted octanol–water partition coefficient (Wildman–Crippen LogP) is 5.49. The zero-order chi connectivity index (χ0) is 18.9. The molecule has 1 N–H and O–H groups in total. The smallest absolute Gasteiger partial charge is 0.230 e. The molecule has 0 aliphatic carbocycles. The molecule has 0 heterocycles. The van der Waals surface area contributed by atoms with Gasteiger partial charge in [-0.3, -0.25) is 4.79 Å². The number of benzene rings is 2. The first-order chi connectivity index (χ1) is 12.5. The molecule has 0 bridgehead atoms. The first-order valence-electron chi connectivity index (χ1n) is 8.73. The van der Waals surface area contributed by atoms with E-state index in [0.717, 1.165) is 28.5 Å². The molecule has 0 unspecified atom stereocenters. The molecule has 26 heavy (non-hydrogen) atoms. The SMILES string of the molecule is COc1ccc([C@H](CC(C)C)NC(=O)CSCc2ccc(Cl)cc2)cc1. The van der Waals surface area contributed by atoms with Crippen molar-refractivity contribution in [2.75, 3.05) is 12.9 Å². The maximum atomic E-state index is 12.4. The van der Waals surface area contributed by atoms with Gasteiger partial charge in [-0.05, 0) is 47.7 Å². The average molecular weight is 392 g/mol. The van der Waals surface area contributed by atoms with E-state index in [2.05, 4.69) is 19.2 Å². The Balaban J connectivity index is 1.89. The Kier molecular flexibility index (Phi) is 8.33. The lowest BCUT2D eigenvalue weighted by molar-refractivity contribution is -0.119. The van der Waals surface area contributed by atoms with Crippen LogP contribution in [0.5, 0.6) is 5.75 Å². The number of amides is 1. The summed E-state index contributed by atoms with van der Waals surface area (Å²) in [7, 11) is 1.65. The molecule has 0 saturated heterocycles. The minimum Gasteiger partial charge on any atom is -0.497 e. The van der Waals surface area contributed by atoms with Gasteiger partial charge in [0.15, 0.2) is 0 Å². The predicted molar refractivity (Wildman–Crippen MR) is 111 cm³/mol. The van der Waals surface area contributed by atoms with Crippen molar-refractivity contribution in [1.82, 2.24) is 5.32 Å². The van der Waals surface area contributed by atoms with Gasteiger partial charge >= 0.3 is 0 Å². The van der Waals surface area contributed by atoms with Gasteiger partial charge in [0, 0.05) is 10.8 Å². The summed E-state index contributed by atoms with van der Waals surface area (Å²) in [6, 6.07) is 15.7. The van der Waals surface area contributed by atoms with Crippen LogP contribution in [0.4, 0.5) is 0 Å². The zero-order valence-electron chi connectivity index (χ0n) is 15.5. The van der Waals surface area contributed by atoms with Gasteiger partial charge in [0.2, 0.25) is 5.91 Å². The van der Waals surface area contributed by atoms with E-state index in [1.807, 2.05) is 48.5 Å². The first-order valence-corrected chi connectivity index (χ1v) is 10.3. The Morgan fingerprint density at radius 2 is 1.77 bits per heavy atom. The third-order valence-corrected chi connectivity index (χ3v) is 5.23. The maximum absolute atomic E-state index is 12.4. The van der Waals surface area contributed by atoms with Crippen LogP contribution >= 0.6 is 23.4 Å². The molecule has 0 aliphatic heterocycles. The van der Waals surface area contributed by atoms with E-state index in [1.165, 1.54) is 5.56 Å². The lowest BCUT2D eigenvalue weighted by Gasteiger charge is -2.21. The Hall–Kier alpha value is -1.65. The van der Waals surface area contributed by atoms with E-state index < -0.39 is 0 Å². The highest BCUT2D eigenvalue weighted by atomic mass is 35.5. The fraction of sp³-hybridized carbons (Fsp3) is 0.381. The van der Waals surface area contributed by atoms with Gasteiger partial charge < -0.3 is 10.1 Å². The van der Waals surface area contributed by atoms with Crippen LogP contribution in [-0.4, -0.2) is 18.8 Å². The van der Waals surface area contributed by atoms with Crippen molar-refractivity contribution in [2.24, 2.45) is 5.92 Å². The van der Waals surface area contributed by atoms with E-state index in [-0.39, 0.29) is 11.9 Å². The summed E-state index contributed by atoms with van der Waals surface area (Å²) in [4.78, 5) is 12.4. The van der Waals surface area contributed by atoms with Gasteiger partial charge in [0.25, 0.3) is 0 Å². The molecular formula is C21H26ClNO2S. The van der Waals surface area contributed by atoms with E-state index in [4.69, 9.17) is 16.3 Å². The van der Waals surface area contributed by atoms with Crippen molar-refractivity contribution >= 4 is 29.3 Å². The van der Waals surface area contributed by atoms with E-state index >= 15 is 0 Å². The average Bonchev–Trinajstić information content (AvgIpc) is 2.62. The third-order valence-electron chi connectivity index (χ3n) is 3.98. The summed E-state index contributed by atoms with van der Waals surface area (Å²) >= 11 is 7.50. The third kappa shape index (κ3) is 6.93. The molecular weight excluding hydrogens is 366 g/mol. The topological polar surface area (TPSA) is 38.3 Å². The highest BCUT2D eigenvalue weighted by molar-refractivity contribution is 7.99. The summed E-state index contributed by atoms with van der Waals surface area (Å²) in [5.74, 6) is 2.60. The number of carbonyl (C=O) groups is 1. The van der Waals surface area contributed by atoms with Gasteiger partial charge in [-0.1, -0.05) is 49.7 Å². The molecule has 5 heteroatoms. The number of thioether (sulfide) groups is 1. The fourth-order valence-corrected chi connectivity index (χ4v) is 3.59. The number of halogens is 1. The lowest BCUT2D eigenvalue weighted by atomic mass is 9.97. The van der Waals surface area contributed by atoms with Crippen LogP contribution in [0.15, 0.2) is 48.5 Å². The molecule has 1 amide bonds. The standard InChI is InChI=1S/C21H26ClNO2S/c1-15(2)12-20(17-6-10-19(25-3)11-7-17)23-21(24)14-26-13-16-4-8-18(22)9-5-16/h4-11,15,20H,12-14H2,1-3H3,(H,23,24)/t20-/m0/s1. The van der Waals surface area contributed by atoms with Crippen LogP contribution in [0, 0.1) is 5.92 Å². The second-order valence-corrected chi connectivity index (χ2v) is 8.06. The highest BCUT2D eigenvalue weighted by Crippen LogP contribution is 2.24. The number of rotatable bonds is 9. The second-order valence-electron chi connectivity index (χ2n) is 6.64. The summed E-state index contributed by atoms with van der Waals surface area (Å²) in [6.07, 6.45) is 0.903. The molecule has 0 fully saturated rings. The molecule has 0 aliphatic rings. The van der Waals surface area contributed by atoms with Gasteiger partial charge in [0.1, 0.15) is 5.75 Å². The number of hydrogen-bond acceptors (Lipinski definition) is 3. The Morgan fingerprint density at radius 1 is 1.12 bits per heavy atom. The van der Waals surface area contributed by atoms with Crippen molar-refractivity contribution in [1.29, 1.82) is 0 Å². The monoisotopic (exact) mass is 391 g/mol. The molecule has 0 saturated carbocycles. The first kappa shape index (κ1) is 20.7. The minimum absolute atomic E-state index is 0.0181. The zero-order valence-corrected chi connectivity index (χ0v) is 17.1. The minimum atomic E-state index is 0.0181. The van der Waals surface area contributed by atoms with Crippen molar-refractivity contribution in [3.05, 3.63) is 64.7 Å². The molecule has 2 aromatic rings. The van der Waals surface area contributed by atoms with Gasteiger partial charge in [-0.2, -0.15) is 0 Å². The van der Waals surface area contributed by atoms with Crippen LogP contribution < -0.4 is 10.1 Å². The highest BCUT2D eigenvalue weighted by Gasteiger charge is 2.16. The Bertz CT molecular complexity index is 686. The van der Waals surface area contributed by atoms with Crippen molar-refractivity contribution < 1.29 is 9.53 Å². The number of hydrogen-bond donors (Lipinski definition) is 1. The molecule has 2 rings (SSSR count). The molecule has 0 radical (unpaired) electrons.